The summed E-state index contributed by atoms with van der Waals surface area (Å²) in [5.41, 5.74) is 2.69. The van der Waals surface area contributed by atoms with Crippen LogP contribution >= 0.6 is 34.7 Å². The maximum atomic E-state index is 11.3. The Balaban J connectivity index is 2.19. The van der Waals surface area contributed by atoms with Crippen molar-refractivity contribution in [3.8, 4) is 0 Å². The van der Waals surface area contributed by atoms with Crippen LogP contribution in [0.4, 0.5) is 0 Å². The molecule has 0 bridgehead atoms. The van der Waals surface area contributed by atoms with Gasteiger partial charge in [-0.15, -0.1) is 23.1 Å². The molecule has 1 aromatic heterocycles. The number of hydrogen-bond donors (Lipinski definition) is 1. The number of amides is 1. The maximum absolute atomic E-state index is 11.3. The topological polar surface area (TPSA) is 32.3 Å². The van der Waals surface area contributed by atoms with Crippen LogP contribution in [0.2, 0.25) is 4.34 Å². The lowest BCUT2D eigenvalue weighted by Crippen LogP contribution is -2.37. The summed E-state index contributed by atoms with van der Waals surface area (Å²) >= 11 is 8.93. The standard InChI is InChI=1S/C9H13ClN2OS2/c1-12(2)11-9(13)6-14-5-7-3-4-8(10)15-7/h3-4H,5-6H2,1-2H3,(H,11,13). The second-order valence-corrected chi connectivity index (χ2v) is 5.91. The minimum absolute atomic E-state index is 0.0210. The Bertz CT molecular complexity index is 328. The van der Waals surface area contributed by atoms with E-state index in [1.165, 1.54) is 4.88 Å². The SMILES string of the molecule is CN(C)NC(=O)CSCc1ccc(Cl)s1. The highest BCUT2D eigenvalue weighted by Gasteiger charge is 2.03. The molecule has 0 radical (unpaired) electrons. The van der Waals surface area contributed by atoms with Crippen LogP contribution in [0.25, 0.3) is 0 Å². The van der Waals surface area contributed by atoms with Gasteiger partial charge >= 0.3 is 0 Å². The van der Waals surface area contributed by atoms with Gasteiger partial charge in [-0.25, -0.2) is 5.01 Å². The highest BCUT2D eigenvalue weighted by molar-refractivity contribution is 7.99. The van der Waals surface area contributed by atoms with Crippen LogP contribution in [0.1, 0.15) is 4.88 Å². The van der Waals surface area contributed by atoms with Crippen LogP contribution in [-0.4, -0.2) is 30.8 Å². The Kier molecular flexibility index (Phi) is 5.45. The molecule has 1 N–H and O–H groups in total. The molecule has 1 heterocycles. The molecule has 0 aliphatic carbocycles. The van der Waals surface area contributed by atoms with Gasteiger partial charge in [-0.1, -0.05) is 11.6 Å². The van der Waals surface area contributed by atoms with Crippen LogP contribution in [-0.2, 0) is 10.5 Å². The highest BCUT2D eigenvalue weighted by atomic mass is 35.5. The minimum Gasteiger partial charge on any atom is -0.289 e. The summed E-state index contributed by atoms with van der Waals surface area (Å²) < 4.78 is 0.795. The van der Waals surface area contributed by atoms with Gasteiger partial charge in [0.05, 0.1) is 10.1 Å². The smallest absolute Gasteiger partial charge is 0.244 e. The van der Waals surface area contributed by atoms with E-state index in [2.05, 4.69) is 5.43 Å². The first kappa shape index (κ1) is 12.8. The number of thiophene rings is 1. The number of carbonyl (C=O) groups is 1. The van der Waals surface area contributed by atoms with E-state index in [1.807, 2.05) is 12.1 Å². The van der Waals surface area contributed by atoms with Gasteiger partial charge in [-0.3, -0.25) is 10.2 Å². The Labute approximate surface area is 103 Å². The molecule has 1 rings (SSSR count). The fourth-order valence-electron chi connectivity index (χ4n) is 0.955. The first-order valence-electron chi connectivity index (χ1n) is 4.36. The van der Waals surface area contributed by atoms with E-state index in [-0.39, 0.29) is 5.91 Å². The number of rotatable bonds is 5. The summed E-state index contributed by atoms with van der Waals surface area (Å²) in [7, 11) is 3.59. The Morgan fingerprint density at radius 2 is 2.33 bits per heavy atom. The van der Waals surface area contributed by atoms with Gasteiger partial charge in [0.2, 0.25) is 5.91 Å². The molecule has 0 aliphatic heterocycles. The van der Waals surface area contributed by atoms with Crippen molar-refractivity contribution in [1.82, 2.24) is 10.4 Å². The molecule has 84 valence electrons. The molecule has 0 aromatic carbocycles. The Morgan fingerprint density at radius 3 is 2.87 bits per heavy atom. The molecule has 0 saturated carbocycles. The lowest BCUT2D eigenvalue weighted by molar-refractivity contribution is -0.122. The molecule has 1 amide bonds. The minimum atomic E-state index is 0.0210. The van der Waals surface area contributed by atoms with Gasteiger partial charge in [-0.05, 0) is 12.1 Å². The third-order valence-corrected chi connectivity index (χ3v) is 3.85. The monoisotopic (exact) mass is 264 g/mol. The normalized spacial score (nSPS) is 10.7. The zero-order valence-electron chi connectivity index (χ0n) is 8.62. The van der Waals surface area contributed by atoms with Gasteiger partial charge < -0.3 is 0 Å². The van der Waals surface area contributed by atoms with E-state index in [0.717, 1.165) is 10.1 Å². The molecule has 0 aliphatic rings. The molecule has 0 saturated heterocycles. The molecular weight excluding hydrogens is 252 g/mol. The summed E-state index contributed by atoms with van der Waals surface area (Å²) in [5.74, 6) is 1.32. The van der Waals surface area contributed by atoms with Crippen molar-refractivity contribution in [2.24, 2.45) is 0 Å². The van der Waals surface area contributed by atoms with Gasteiger partial charge in [0.1, 0.15) is 0 Å². The highest BCUT2D eigenvalue weighted by Crippen LogP contribution is 2.24. The van der Waals surface area contributed by atoms with Crippen molar-refractivity contribution in [1.29, 1.82) is 0 Å². The van der Waals surface area contributed by atoms with E-state index in [9.17, 15) is 4.79 Å². The maximum Gasteiger partial charge on any atom is 0.244 e. The molecule has 6 heteroatoms. The molecule has 0 fully saturated rings. The molecular formula is C9H13ClN2OS2. The summed E-state index contributed by atoms with van der Waals surface area (Å²) in [5, 5.41) is 1.64. The van der Waals surface area contributed by atoms with E-state index in [4.69, 9.17) is 11.6 Å². The third kappa shape index (κ3) is 5.41. The van der Waals surface area contributed by atoms with Crippen LogP contribution < -0.4 is 5.43 Å². The van der Waals surface area contributed by atoms with Gasteiger partial charge in [0, 0.05) is 24.7 Å². The molecule has 1 aromatic rings. The predicted molar refractivity (Wildman–Crippen MR) is 67.3 cm³/mol. The van der Waals surface area contributed by atoms with Crippen molar-refractivity contribution in [3.63, 3.8) is 0 Å². The van der Waals surface area contributed by atoms with E-state index in [0.29, 0.717) is 5.75 Å². The molecule has 15 heavy (non-hydrogen) atoms. The Hall–Kier alpha value is -0.230. The summed E-state index contributed by atoms with van der Waals surface area (Å²) in [6.45, 7) is 0. The van der Waals surface area contributed by atoms with Crippen LogP contribution in [0.5, 0.6) is 0 Å². The lowest BCUT2D eigenvalue weighted by Gasteiger charge is -2.10. The number of hydrogen-bond acceptors (Lipinski definition) is 4. The van der Waals surface area contributed by atoms with Gasteiger partial charge in [0.25, 0.3) is 0 Å². The number of halogens is 1. The van der Waals surface area contributed by atoms with E-state index < -0.39 is 0 Å². The molecule has 0 atom stereocenters. The van der Waals surface area contributed by atoms with E-state index in [1.54, 1.807) is 42.2 Å². The first-order valence-corrected chi connectivity index (χ1v) is 6.71. The van der Waals surface area contributed by atoms with Crippen LogP contribution in [0.3, 0.4) is 0 Å². The lowest BCUT2D eigenvalue weighted by atomic mass is 10.5. The number of carbonyl (C=O) groups excluding carboxylic acids is 1. The summed E-state index contributed by atoms with van der Waals surface area (Å²) in [6, 6.07) is 3.87. The average Bonchev–Trinajstić information content (AvgIpc) is 2.50. The van der Waals surface area contributed by atoms with Crippen LogP contribution in [0, 0.1) is 0 Å². The van der Waals surface area contributed by atoms with Crippen molar-refractivity contribution in [2.45, 2.75) is 5.75 Å². The second kappa shape index (κ2) is 6.37. The number of hydrazine groups is 1. The zero-order valence-corrected chi connectivity index (χ0v) is 11.0. The fourth-order valence-corrected chi connectivity index (χ4v) is 2.97. The first-order chi connectivity index (χ1) is 7.08. The van der Waals surface area contributed by atoms with E-state index >= 15 is 0 Å². The van der Waals surface area contributed by atoms with Gasteiger partial charge in [-0.2, -0.15) is 0 Å². The van der Waals surface area contributed by atoms with Crippen molar-refractivity contribution >= 4 is 40.6 Å². The average molecular weight is 265 g/mol. The van der Waals surface area contributed by atoms with Crippen LogP contribution in [0.15, 0.2) is 12.1 Å². The van der Waals surface area contributed by atoms with Crippen molar-refractivity contribution in [3.05, 3.63) is 21.3 Å². The summed E-state index contributed by atoms with van der Waals surface area (Å²) in [4.78, 5) is 12.4. The summed E-state index contributed by atoms with van der Waals surface area (Å²) in [6.07, 6.45) is 0. The molecule has 0 spiro atoms. The molecule has 0 unspecified atom stereocenters. The van der Waals surface area contributed by atoms with Crippen molar-refractivity contribution in [2.75, 3.05) is 19.8 Å². The van der Waals surface area contributed by atoms with Gasteiger partial charge in [0.15, 0.2) is 0 Å². The number of thioether (sulfide) groups is 1. The number of nitrogens with zero attached hydrogens (tertiary/aromatic N) is 1. The third-order valence-electron chi connectivity index (χ3n) is 1.45. The quantitative estimate of drug-likeness (QED) is 0.828. The Morgan fingerprint density at radius 1 is 1.60 bits per heavy atom. The zero-order chi connectivity index (χ0) is 11.3. The number of nitrogens with one attached hydrogen (secondary N) is 1. The van der Waals surface area contributed by atoms with Crippen molar-refractivity contribution < 1.29 is 4.79 Å². The predicted octanol–water partition coefficient (Wildman–Crippen LogP) is 2.23. The largest absolute Gasteiger partial charge is 0.289 e. The fraction of sp³-hybridized carbons (Fsp3) is 0.444. The second-order valence-electron chi connectivity index (χ2n) is 3.13. The molecule has 3 nitrogen and oxygen atoms in total.